The Morgan fingerprint density at radius 2 is 2.11 bits per heavy atom. The molecule has 1 aromatic carbocycles. The second kappa shape index (κ2) is 6.75. The quantitative estimate of drug-likeness (QED) is 0.589. The van der Waals surface area contributed by atoms with E-state index in [1.165, 1.54) is 0 Å². The normalized spacial score (nSPS) is 14.0. The van der Waals surface area contributed by atoms with Crippen LogP contribution in [-0.2, 0) is 4.74 Å². The zero-order valence-corrected chi connectivity index (χ0v) is 11.8. The molecule has 2 rings (SSSR count). The van der Waals surface area contributed by atoms with E-state index in [-0.39, 0.29) is 11.6 Å². The number of alkyl halides is 1. The molecule has 0 radical (unpaired) electrons. The van der Waals surface area contributed by atoms with Gasteiger partial charge in [0.15, 0.2) is 0 Å². The van der Waals surface area contributed by atoms with Gasteiger partial charge in [-0.15, -0.1) is 6.58 Å². The van der Waals surface area contributed by atoms with Crippen LogP contribution in [0.5, 0.6) is 0 Å². The third-order valence-electron chi connectivity index (χ3n) is 2.65. The fraction of sp³-hybridized carbons (Fsp3) is 0.214. The summed E-state index contributed by atoms with van der Waals surface area (Å²) in [5, 5.41) is 0.681. The Kier molecular flexibility index (Phi) is 5.02. The average molecular weight is 297 g/mol. The van der Waals surface area contributed by atoms with Crippen LogP contribution in [0.4, 0.5) is 0 Å². The van der Waals surface area contributed by atoms with Crippen LogP contribution >= 0.6 is 23.2 Å². The summed E-state index contributed by atoms with van der Waals surface area (Å²) in [7, 11) is 0. The lowest BCUT2D eigenvalue weighted by molar-refractivity contribution is 0.0556. The Morgan fingerprint density at radius 3 is 2.68 bits per heavy atom. The van der Waals surface area contributed by atoms with Crippen LogP contribution in [-0.4, -0.2) is 16.2 Å². The van der Waals surface area contributed by atoms with E-state index in [0.717, 1.165) is 5.56 Å². The molecular formula is C14H14Cl2N2O. The predicted octanol–water partition coefficient (Wildman–Crippen LogP) is 4.22. The number of hydrogen-bond acceptors (Lipinski definition) is 2. The highest BCUT2D eigenvalue weighted by Gasteiger charge is 2.23. The van der Waals surface area contributed by atoms with Gasteiger partial charge in [-0.3, -0.25) is 0 Å². The third-order valence-corrected chi connectivity index (χ3v) is 3.36. The molecule has 1 heterocycles. The Morgan fingerprint density at radius 1 is 1.37 bits per heavy atom. The molecule has 1 aromatic heterocycles. The zero-order valence-electron chi connectivity index (χ0n) is 10.2. The van der Waals surface area contributed by atoms with Crippen molar-refractivity contribution in [2.75, 3.05) is 6.61 Å². The van der Waals surface area contributed by atoms with Gasteiger partial charge in [0, 0.05) is 17.4 Å². The number of imidazole rings is 1. The van der Waals surface area contributed by atoms with Gasteiger partial charge in [-0.2, -0.15) is 0 Å². The standard InChI is InChI=1S/C14H14Cl2N2O/c1-2-9-19-13(11-3-5-12(15)6-4-11)14(16)18-8-7-17-10-18/h2-8,10,13-14H,1,9H2. The molecule has 0 aliphatic rings. The Bertz CT molecular complexity index is 511. The predicted molar refractivity (Wildman–Crippen MR) is 77.5 cm³/mol. The van der Waals surface area contributed by atoms with Gasteiger partial charge in [0.1, 0.15) is 11.6 Å². The molecule has 19 heavy (non-hydrogen) atoms. The minimum absolute atomic E-state index is 0.300. The number of benzene rings is 1. The van der Waals surface area contributed by atoms with Crippen LogP contribution in [0.3, 0.4) is 0 Å². The molecule has 0 fully saturated rings. The summed E-state index contributed by atoms with van der Waals surface area (Å²) >= 11 is 12.3. The molecule has 2 unspecified atom stereocenters. The van der Waals surface area contributed by atoms with E-state index in [9.17, 15) is 0 Å². The van der Waals surface area contributed by atoms with E-state index in [1.807, 2.05) is 24.3 Å². The number of halogens is 2. The molecule has 0 spiro atoms. The molecule has 2 aromatic rings. The van der Waals surface area contributed by atoms with Crippen LogP contribution in [0.25, 0.3) is 0 Å². The van der Waals surface area contributed by atoms with Crippen LogP contribution < -0.4 is 0 Å². The van der Waals surface area contributed by atoms with Gasteiger partial charge in [-0.1, -0.05) is 41.4 Å². The van der Waals surface area contributed by atoms with Crippen LogP contribution in [0.1, 0.15) is 17.2 Å². The molecule has 0 saturated heterocycles. The van der Waals surface area contributed by atoms with Crippen LogP contribution in [0.15, 0.2) is 55.6 Å². The maximum absolute atomic E-state index is 6.45. The van der Waals surface area contributed by atoms with Crippen molar-refractivity contribution in [1.29, 1.82) is 0 Å². The first-order valence-electron chi connectivity index (χ1n) is 5.82. The van der Waals surface area contributed by atoms with Crippen molar-refractivity contribution in [1.82, 2.24) is 9.55 Å². The first kappa shape index (κ1) is 14.1. The molecule has 0 aliphatic carbocycles. The van der Waals surface area contributed by atoms with Gasteiger partial charge in [0.2, 0.25) is 0 Å². The van der Waals surface area contributed by atoms with Crippen molar-refractivity contribution in [3.63, 3.8) is 0 Å². The van der Waals surface area contributed by atoms with Crippen molar-refractivity contribution in [3.05, 3.63) is 66.2 Å². The molecule has 0 amide bonds. The smallest absolute Gasteiger partial charge is 0.139 e. The fourth-order valence-corrected chi connectivity index (χ4v) is 2.19. The van der Waals surface area contributed by atoms with E-state index in [1.54, 1.807) is 29.4 Å². The summed E-state index contributed by atoms with van der Waals surface area (Å²) in [6.45, 7) is 4.08. The average Bonchev–Trinajstić information content (AvgIpc) is 2.95. The van der Waals surface area contributed by atoms with Crippen LogP contribution in [0, 0.1) is 0 Å². The van der Waals surface area contributed by atoms with E-state index >= 15 is 0 Å². The SMILES string of the molecule is C=CCOC(c1ccc(Cl)cc1)C(Cl)n1ccnc1. The first-order valence-corrected chi connectivity index (χ1v) is 6.63. The van der Waals surface area contributed by atoms with E-state index in [2.05, 4.69) is 11.6 Å². The maximum Gasteiger partial charge on any atom is 0.139 e. The summed E-state index contributed by atoms with van der Waals surface area (Å²) in [6.07, 6.45) is 6.55. The highest BCUT2D eigenvalue weighted by atomic mass is 35.5. The molecule has 100 valence electrons. The van der Waals surface area contributed by atoms with Gasteiger partial charge < -0.3 is 9.30 Å². The molecule has 0 N–H and O–H groups in total. The monoisotopic (exact) mass is 296 g/mol. The van der Waals surface area contributed by atoms with Crippen molar-refractivity contribution >= 4 is 23.2 Å². The lowest BCUT2D eigenvalue weighted by atomic mass is 10.1. The van der Waals surface area contributed by atoms with Crippen molar-refractivity contribution in [3.8, 4) is 0 Å². The zero-order chi connectivity index (χ0) is 13.7. The van der Waals surface area contributed by atoms with Crippen molar-refractivity contribution < 1.29 is 4.74 Å². The second-order valence-electron chi connectivity index (χ2n) is 3.98. The lowest BCUT2D eigenvalue weighted by Gasteiger charge is -2.23. The first-order chi connectivity index (χ1) is 9.22. The molecule has 0 aliphatic heterocycles. The highest BCUT2D eigenvalue weighted by Crippen LogP contribution is 2.33. The summed E-state index contributed by atoms with van der Waals surface area (Å²) in [4.78, 5) is 4.00. The summed E-state index contributed by atoms with van der Waals surface area (Å²) in [5.74, 6) is 0. The Balaban J connectivity index is 2.24. The molecule has 3 nitrogen and oxygen atoms in total. The lowest BCUT2D eigenvalue weighted by Crippen LogP contribution is -2.15. The van der Waals surface area contributed by atoms with Gasteiger partial charge >= 0.3 is 0 Å². The van der Waals surface area contributed by atoms with Crippen molar-refractivity contribution in [2.24, 2.45) is 0 Å². The fourth-order valence-electron chi connectivity index (χ4n) is 1.73. The molecule has 2 atom stereocenters. The highest BCUT2D eigenvalue weighted by molar-refractivity contribution is 6.30. The summed E-state index contributed by atoms with van der Waals surface area (Å²) in [5.41, 5.74) is 0.573. The minimum Gasteiger partial charge on any atom is -0.366 e. The maximum atomic E-state index is 6.45. The molecular weight excluding hydrogens is 283 g/mol. The van der Waals surface area contributed by atoms with Gasteiger partial charge in [-0.25, -0.2) is 4.98 Å². The molecule has 0 bridgehead atoms. The van der Waals surface area contributed by atoms with Gasteiger partial charge in [0.05, 0.1) is 12.9 Å². The number of ether oxygens (including phenoxy) is 1. The summed E-state index contributed by atoms with van der Waals surface area (Å²) in [6, 6.07) is 7.45. The Hall–Kier alpha value is -1.29. The van der Waals surface area contributed by atoms with E-state index in [0.29, 0.717) is 11.6 Å². The summed E-state index contributed by atoms with van der Waals surface area (Å²) < 4.78 is 7.56. The third kappa shape index (κ3) is 3.60. The van der Waals surface area contributed by atoms with Crippen molar-refractivity contribution in [2.45, 2.75) is 11.6 Å². The topological polar surface area (TPSA) is 27.1 Å². The van der Waals surface area contributed by atoms with Gasteiger partial charge in [-0.05, 0) is 17.7 Å². The Labute approximate surface area is 122 Å². The minimum atomic E-state index is -0.386. The molecule has 5 heteroatoms. The number of hydrogen-bond donors (Lipinski definition) is 0. The molecule has 0 saturated carbocycles. The van der Waals surface area contributed by atoms with Crippen LogP contribution in [0.2, 0.25) is 5.02 Å². The number of aromatic nitrogens is 2. The van der Waals surface area contributed by atoms with E-state index < -0.39 is 0 Å². The number of nitrogens with zero attached hydrogens (tertiary/aromatic N) is 2. The largest absolute Gasteiger partial charge is 0.366 e. The number of rotatable bonds is 6. The van der Waals surface area contributed by atoms with E-state index in [4.69, 9.17) is 27.9 Å². The van der Waals surface area contributed by atoms with Gasteiger partial charge in [0.25, 0.3) is 0 Å². The second-order valence-corrected chi connectivity index (χ2v) is 4.86.